The van der Waals surface area contributed by atoms with Crippen LogP contribution in [-0.4, -0.2) is 53.1 Å². The van der Waals surface area contributed by atoms with Crippen LogP contribution in [0.2, 0.25) is 0 Å². The fraction of sp³-hybridized carbons (Fsp3) is 0.406. The maximum Gasteiger partial charge on any atom is 0.335 e. The van der Waals surface area contributed by atoms with Crippen LogP contribution in [0.4, 0.5) is 0 Å². The molecule has 1 saturated carbocycles. The van der Waals surface area contributed by atoms with E-state index in [2.05, 4.69) is 46.9 Å². The summed E-state index contributed by atoms with van der Waals surface area (Å²) in [4.78, 5) is 12.0. The summed E-state index contributed by atoms with van der Waals surface area (Å²) in [7, 11) is 0. The highest BCUT2D eigenvalue weighted by Crippen LogP contribution is 2.46. The lowest BCUT2D eigenvalue weighted by Gasteiger charge is -2.25. The molecule has 0 radical (unpaired) electrons. The molecule has 8 nitrogen and oxygen atoms in total. The van der Waals surface area contributed by atoms with Crippen molar-refractivity contribution in [3.05, 3.63) is 64.7 Å². The molecule has 3 aliphatic rings. The number of hydrazone groups is 2. The first-order valence-corrected chi connectivity index (χ1v) is 14.4. The van der Waals surface area contributed by atoms with Gasteiger partial charge in [0, 0.05) is 49.1 Å². The number of hydrogen-bond donors (Lipinski definition) is 2. The molecular formula is C32H37N5O3. The number of ether oxygens (including phenoxy) is 1. The summed E-state index contributed by atoms with van der Waals surface area (Å²) in [6.07, 6.45) is 10.6. The van der Waals surface area contributed by atoms with Gasteiger partial charge in [0.2, 0.25) is 0 Å². The van der Waals surface area contributed by atoms with Crippen molar-refractivity contribution in [2.24, 2.45) is 21.9 Å². The van der Waals surface area contributed by atoms with Crippen LogP contribution in [0.25, 0.3) is 28.4 Å². The molecule has 3 N–H and O–H groups in total. The number of carboxylic acids is 1. The molecule has 0 amide bonds. The van der Waals surface area contributed by atoms with E-state index in [1.54, 1.807) is 17.3 Å². The Hall–Kier alpha value is -3.91. The van der Waals surface area contributed by atoms with E-state index in [0.29, 0.717) is 30.6 Å². The van der Waals surface area contributed by atoms with Crippen LogP contribution in [0.15, 0.2) is 58.2 Å². The molecule has 0 atom stereocenters. The first-order valence-electron chi connectivity index (χ1n) is 14.4. The number of fused-ring (bicyclic) bond motifs is 5. The molecule has 2 fully saturated rings. The van der Waals surface area contributed by atoms with Crippen molar-refractivity contribution >= 4 is 35.6 Å². The van der Waals surface area contributed by atoms with E-state index in [4.69, 9.17) is 15.6 Å². The minimum atomic E-state index is -0.934. The van der Waals surface area contributed by atoms with Gasteiger partial charge in [0.15, 0.2) is 5.84 Å². The number of nitrogens with zero attached hydrogens (tertiary/aromatic N) is 4. The Balaban J connectivity index is 1.51. The van der Waals surface area contributed by atoms with Crippen molar-refractivity contribution < 1.29 is 14.6 Å². The van der Waals surface area contributed by atoms with Gasteiger partial charge in [-0.25, -0.2) is 4.79 Å². The zero-order chi connectivity index (χ0) is 27.6. The lowest BCUT2D eigenvalue weighted by atomic mass is 9.81. The second kappa shape index (κ2) is 11.3. The van der Waals surface area contributed by atoms with E-state index in [9.17, 15) is 9.90 Å². The number of aromatic carboxylic acids is 1. The predicted octanol–water partition coefficient (Wildman–Crippen LogP) is 6.07. The van der Waals surface area contributed by atoms with Crippen LogP contribution >= 0.6 is 0 Å². The number of rotatable bonds is 7. The standard InChI is InChI=1S/C32H37N5O3/c1-34-37(19-21-13-15-40-16-14-21)35-31(33)25-17-23-9-5-6-10-26(23)30-29(22-7-3-2-4-8-22)27-12-11-24(32(38)39)18-28(27)36(30)20-25/h5-6,9-12,18,20-22H,1-4,7-8,13-17,19H2,(H2,33,35)(H,38,39). The van der Waals surface area contributed by atoms with Crippen LogP contribution in [0.1, 0.15) is 72.3 Å². The van der Waals surface area contributed by atoms with Gasteiger partial charge in [0.25, 0.3) is 0 Å². The predicted molar refractivity (Wildman–Crippen MR) is 160 cm³/mol. The van der Waals surface area contributed by atoms with Crippen LogP contribution in [0.5, 0.6) is 0 Å². The molecular weight excluding hydrogens is 502 g/mol. The first kappa shape index (κ1) is 26.3. The van der Waals surface area contributed by atoms with Crippen LogP contribution in [0.3, 0.4) is 0 Å². The van der Waals surface area contributed by atoms with E-state index in [0.717, 1.165) is 66.6 Å². The summed E-state index contributed by atoms with van der Waals surface area (Å²) >= 11 is 0. The molecule has 8 heteroatoms. The van der Waals surface area contributed by atoms with Gasteiger partial charge in [-0.05, 0) is 60.8 Å². The van der Waals surface area contributed by atoms with Crippen molar-refractivity contribution in [1.29, 1.82) is 0 Å². The maximum absolute atomic E-state index is 12.0. The second-order valence-electron chi connectivity index (χ2n) is 11.2. The average Bonchev–Trinajstić information content (AvgIpc) is 3.19. The summed E-state index contributed by atoms with van der Waals surface area (Å²) in [5, 5.41) is 21.4. The highest BCUT2D eigenvalue weighted by molar-refractivity contribution is 6.04. The smallest absolute Gasteiger partial charge is 0.335 e. The molecule has 0 unspecified atom stereocenters. The molecule has 0 spiro atoms. The molecule has 40 heavy (non-hydrogen) atoms. The van der Waals surface area contributed by atoms with Gasteiger partial charge in [-0.3, -0.25) is 0 Å². The van der Waals surface area contributed by atoms with E-state index >= 15 is 0 Å². The van der Waals surface area contributed by atoms with Gasteiger partial charge in [0.1, 0.15) is 0 Å². The maximum atomic E-state index is 12.0. The number of carbonyl (C=O) groups is 1. The fourth-order valence-electron chi connectivity index (χ4n) is 6.63. The Bertz CT molecular complexity index is 1490. The third-order valence-electron chi connectivity index (χ3n) is 8.72. The van der Waals surface area contributed by atoms with Crippen molar-refractivity contribution in [3.63, 3.8) is 0 Å². The molecule has 3 aromatic rings. The number of carboxylic acid groups (broad SMARTS) is 1. The number of hydrogen-bond acceptors (Lipinski definition) is 5. The molecule has 2 aliphatic heterocycles. The van der Waals surface area contributed by atoms with Crippen molar-refractivity contribution in [2.45, 2.75) is 57.3 Å². The molecule has 0 bridgehead atoms. The van der Waals surface area contributed by atoms with Gasteiger partial charge in [-0.2, -0.15) is 10.2 Å². The molecule has 3 heterocycles. The highest BCUT2D eigenvalue weighted by Gasteiger charge is 2.29. The van der Waals surface area contributed by atoms with Gasteiger partial charge in [-0.15, -0.1) is 5.10 Å². The molecule has 6 rings (SSSR count). The quantitative estimate of drug-likeness (QED) is 0.215. The molecule has 1 aliphatic carbocycles. The number of benzene rings is 2. The average molecular weight is 540 g/mol. The van der Waals surface area contributed by atoms with E-state index in [1.165, 1.54) is 30.4 Å². The summed E-state index contributed by atoms with van der Waals surface area (Å²) in [5.74, 6) is 0.304. The summed E-state index contributed by atoms with van der Waals surface area (Å²) < 4.78 is 7.67. The molecule has 1 aromatic heterocycles. The SMILES string of the molecule is C=NN(CC1CCOCC1)/N=C(\N)C1=Cn2c(c(C3CCCCC3)c3ccc(C(=O)O)cc32)-c2ccccc2C1. The Kier molecular flexibility index (Phi) is 7.43. The van der Waals surface area contributed by atoms with Crippen molar-refractivity contribution in [2.75, 3.05) is 19.8 Å². The van der Waals surface area contributed by atoms with Crippen molar-refractivity contribution in [1.82, 2.24) is 9.69 Å². The fourth-order valence-corrected chi connectivity index (χ4v) is 6.63. The number of amidine groups is 1. The summed E-state index contributed by atoms with van der Waals surface area (Å²) in [5.41, 5.74) is 13.5. The second-order valence-corrected chi connectivity index (χ2v) is 11.2. The summed E-state index contributed by atoms with van der Waals surface area (Å²) in [6.45, 7) is 5.88. The monoisotopic (exact) mass is 539 g/mol. The van der Waals surface area contributed by atoms with Crippen LogP contribution in [0, 0.1) is 5.92 Å². The Morgan fingerprint density at radius 1 is 1.10 bits per heavy atom. The van der Waals surface area contributed by atoms with E-state index < -0.39 is 5.97 Å². The topological polar surface area (TPSA) is 105 Å². The van der Waals surface area contributed by atoms with Gasteiger partial charge in [-0.1, -0.05) is 49.6 Å². The van der Waals surface area contributed by atoms with E-state index in [-0.39, 0.29) is 5.56 Å². The Morgan fingerprint density at radius 2 is 1.88 bits per heavy atom. The van der Waals surface area contributed by atoms with Gasteiger partial charge >= 0.3 is 5.97 Å². The first-order chi connectivity index (χ1) is 19.5. The van der Waals surface area contributed by atoms with Crippen LogP contribution < -0.4 is 5.73 Å². The molecule has 208 valence electrons. The lowest BCUT2D eigenvalue weighted by Crippen LogP contribution is -2.29. The third-order valence-corrected chi connectivity index (χ3v) is 8.72. The Morgan fingerprint density at radius 3 is 2.62 bits per heavy atom. The number of nitrogens with two attached hydrogens (primary N) is 1. The zero-order valence-electron chi connectivity index (χ0n) is 22.9. The minimum absolute atomic E-state index is 0.274. The van der Waals surface area contributed by atoms with Crippen molar-refractivity contribution in [3.8, 4) is 11.3 Å². The summed E-state index contributed by atoms with van der Waals surface area (Å²) in [6, 6.07) is 14.0. The molecule has 1 saturated heterocycles. The minimum Gasteiger partial charge on any atom is -0.478 e. The highest BCUT2D eigenvalue weighted by atomic mass is 16.5. The van der Waals surface area contributed by atoms with Gasteiger partial charge < -0.3 is 20.1 Å². The lowest BCUT2D eigenvalue weighted by molar-refractivity contribution is 0.0534. The van der Waals surface area contributed by atoms with E-state index in [1.807, 2.05) is 6.07 Å². The Labute approximate surface area is 234 Å². The number of aromatic nitrogens is 1. The van der Waals surface area contributed by atoms with Gasteiger partial charge in [0.05, 0.1) is 23.3 Å². The normalized spacial score (nSPS) is 18.5. The third kappa shape index (κ3) is 5.04. The van der Waals surface area contributed by atoms with Crippen LogP contribution in [-0.2, 0) is 11.2 Å². The zero-order valence-corrected chi connectivity index (χ0v) is 22.9. The largest absolute Gasteiger partial charge is 0.478 e. The molecule has 2 aromatic carbocycles.